The van der Waals surface area contributed by atoms with Crippen molar-refractivity contribution in [2.45, 2.75) is 24.7 Å². The molecular formula is C16H19NO5. The van der Waals surface area contributed by atoms with Crippen molar-refractivity contribution >= 4 is 11.9 Å². The molecule has 0 unspecified atom stereocenters. The van der Waals surface area contributed by atoms with Gasteiger partial charge in [-0.3, -0.25) is 9.59 Å². The molecule has 0 aliphatic carbocycles. The average Bonchev–Trinajstić information content (AvgIpc) is 2.56. The van der Waals surface area contributed by atoms with E-state index in [0.717, 1.165) is 0 Å². The standard InChI is InChI=1S/C16H19NO5/c1-21-15(19)9-12-7-8-13(14(10-18)22-12)17-16(20)11-5-3-2-4-6-11/h2-8,12-14,18H,9-10H2,1H3,(H,17,20)/t12-,13-,14-/m0/s1. The minimum Gasteiger partial charge on any atom is -0.469 e. The summed E-state index contributed by atoms with van der Waals surface area (Å²) in [5.74, 6) is -0.637. The third kappa shape index (κ3) is 4.16. The van der Waals surface area contributed by atoms with Crippen molar-refractivity contribution < 1.29 is 24.2 Å². The Hall–Kier alpha value is -2.18. The van der Waals surface area contributed by atoms with Gasteiger partial charge in [0.15, 0.2) is 0 Å². The number of esters is 1. The van der Waals surface area contributed by atoms with Crippen LogP contribution in [0.25, 0.3) is 0 Å². The summed E-state index contributed by atoms with van der Waals surface area (Å²) in [7, 11) is 1.31. The number of ether oxygens (including phenoxy) is 2. The second kappa shape index (κ2) is 7.72. The van der Waals surface area contributed by atoms with E-state index >= 15 is 0 Å². The summed E-state index contributed by atoms with van der Waals surface area (Å²) >= 11 is 0. The summed E-state index contributed by atoms with van der Waals surface area (Å²) in [5, 5.41) is 12.2. The van der Waals surface area contributed by atoms with Gasteiger partial charge in [0.2, 0.25) is 0 Å². The Morgan fingerprint density at radius 1 is 1.27 bits per heavy atom. The Bertz CT molecular complexity index is 543. The van der Waals surface area contributed by atoms with E-state index in [0.29, 0.717) is 5.56 Å². The predicted molar refractivity (Wildman–Crippen MR) is 79.2 cm³/mol. The molecule has 6 nitrogen and oxygen atoms in total. The summed E-state index contributed by atoms with van der Waals surface area (Å²) in [6.45, 7) is -0.262. The number of methoxy groups -OCH3 is 1. The molecule has 118 valence electrons. The van der Waals surface area contributed by atoms with Crippen LogP contribution in [0.15, 0.2) is 42.5 Å². The maximum Gasteiger partial charge on any atom is 0.308 e. The van der Waals surface area contributed by atoms with E-state index in [1.54, 1.807) is 36.4 Å². The third-order valence-corrected chi connectivity index (χ3v) is 3.39. The molecule has 2 N–H and O–H groups in total. The fourth-order valence-electron chi connectivity index (χ4n) is 2.21. The number of rotatable bonds is 5. The van der Waals surface area contributed by atoms with E-state index in [9.17, 15) is 14.7 Å². The second-order valence-electron chi connectivity index (χ2n) is 4.93. The zero-order valence-electron chi connectivity index (χ0n) is 12.3. The van der Waals surface area contributed by atoms with E-state index < -0.39 is 24.2 Å². The third-order valence-electron chi connectivity index (χ3n) is 3.39. The summed E-state index contributed by atoms with van der Waals surface area (Å²) < 4.78 is 10.2. The summed E-state index contributed by atoms with van der Waals surface area (Å²) in [6, 6.07) is 8.34. The summed E-state index contributed by atoms with van der Waals surface area (Å²) in [6.07, 6.45) is 2.43. The first-order chi connectivity index (χ1) is 10.6. The first-order valence-corrected chi connectivity index (χ1v) is 7.01. The van der Waals surface area contributed by atoms with Crippen LogP contribution in [0.5, 0.6) is 0 Å². The molecule has 0 aromatic heterocycles. The van der Waals surface area contributed by atoms with E-state index in [4.69, 9.17) is 4.74 Å². The van der Waals surface area contributed by atoms with Gasteiger partial charge in [0.1, 0.15) is 6.10 Å². The van der Waals surface area contributed by atoms with Gasteiger partial charge in [0.05, 0.1) is 32.3 Å². The SMILES string of the molecule is COC(=O)C[C@@H]1C=C[C@H](NC(=O)c2ccccc2)[C@H](CO)O1. The smallest absolute Gasteiger partial charge is 0.308 e. The zero-order chi connectivity index (χ0) is 15.9. The first kappa shape index (κ1) is 16.2. The molecule has 1 aromatic rings. The molecule has 6 heteroatoms. The van der Waals surface area contributed by atoms with Crippen molar-refractivity contribution in [2.75, 3.05) is 13.7 Å². The number of benzene rings is 1. The number of amides is 1. The van der Waals surface area contributed by atoms with E-state index in [1.165, 1.54) is 7.11 Å². The molecule has 1 aliphatic rings. The number of aliphatic hydroxyl groups excluding tert-OH is 1. The Morgan fingerprint density at radius 3 is 2.64 bits per heavy atom. The van der Waals surface area contributed by atoms with E-state index in [1.807, 2.05) is 6.07 Å². The van der Waals surface area contributed by atoms with Crippen molar-refractivity contribution in [3.8, 4) is 0 Å². The summed E-state index contributed by atoms with van der Waals surface area (Å²) in [5.41, 5.74) is 0.532. The molecule has 1 aliphatic heterocycles. The Balaban J connectivity index is 2.00. The fourth-order valence-corrected chi connectivity index (χ4v) is 2.21. The lowest BCUT2D eigenvalue weighted by Crippen LogP contribution is -2.48. The van der Waals surface area contributed by atoms with Crippen LogP contribution >= 0.6 is 0 Å². The van der Waals surface area contributed by atoms with Gasteiger partial charge < -0.3 is 19.9 Å². The maximum atomic E-state index is 12.1. The van der Waals surface area contributed by atoms with Crippen LogP contribution in [-0.4, -0.2) is 48.9 Å². The van der Waals surface area contributed by atoms with Gasteiger partial charge in [-0.15, -0.1) is 0 Å². The fraction of sp³-hybridized carbons (Fsp3) is 0.375. The lowest BCUT2D eigenvalue weighted by Gasteiger charge is -2.31. The molecule has 0 bridgehead atoms. The molecule has 1 heterocycles. The number of carbonyl (C=O) groups excluding carboxylic acids is 2. The number of carbonyl (C=O) groups is 2. The summed E-state index contributed by atoms with van der Waals surface area (Å²) in [4.78, 5) is 23.4. The van der Waals surface area contributed by atoms with Crippen LogP contribution in [0.2, 0.25) is 0 Å². The Labute approximate surface area is 128 Å². The van der Waals surface area contributed by atoms with Crippen LogP contribution in [0.4, 0.5) is 0 Å². The second-order valence-corrected chi connectivity index (χ2v) is 4.93. The largest absolute Gasteiger partial charge is 0.469 e. The average molecular weight is 305 g/mol. The molecule has 3 atom stereocenters. The molecule has 1 amide bonds. The Morgan fingerprint density at radius 2 is 2.00 bits per heavy atom. The first-order valence-electron chi connectivity index (χ1n) is 7.01. The minimum absolute atomic E-state index is 0.0723. The van der Waals surface area contributed by atoms with Gasteiger partial charge in [-0.2, -0.15) is 0 Å². The number of nitrogens with one attached hydrogen (secondary N) is 1. The van der Waals surface area contributed by atoms with Gasteiger partial charge in [0, 0.05) is 5.56 Å². The maximum absolute atomic E-state index is 12.1. The van der Waals surface area contributed by atoms with Crippen LogP contribution in [-0.2, 0) is 14.3 Å². The molecule has 22 heavy (non-hydrogen) atoms. The number of hydrogen-bond donors (Lipinski definition) is 2. The number of hydrogen-bond acceptors (Lipinski definition) is 5. The van der Waals surface area contributed by atoms with Crippen LogP contribution in [0.3, 0.4) is 0 Å². The van der Waals surface area contributed by atoms with Gasteiger partial charge in [-0.25, -0.2) is 0 Å². The van der Waals surface area contributed by atoms with Gasteiger partial charge in [-0.05, 0) is 12.1 Å². The van der Waals surface area contributed by atoms with Crippen molar-refractivity contribution in [1.29, 1.82) is 0 Å². The van der Waals surface area contributed by atoms with Gasteiger partial charge in [-0.1, -0.05) is 30.4 Å². The van der Waals surface area contributed by atoms with Crippen LogP contribution < -0.4 is 5.32 Å². The van der Waals surface area contributed by atoms with E-state index in [2.05, 4.69) is 10.1 Å². The molecule has 0 fully saturated rings. The molecule has 1 aromatic carbocycles. The van der Waals surface area contributed by atoms with Crippen molar-refractivity contribution in [1.82, 2.24) is 5.32 Å². The quantitative estimate of drug-likeness (QED) is 0.617. The molecule has 0 spiro atoms. The number of aliphatic hydroxyl groups is 1. The zero-order valence-corrected chi connectivity index (χ0v) is 12.3. The molecule has 0 saturated carbocycles. The highest BCUT2D eigenvalue weighted by molar-refractivity contribution is 5.94. The molecular weight excluding hydrogens is 286 g/mol. The van der Waals surface area contributed by atoms with Crippen molar-refractivity contribution in [3.05, 3.63) is 48.0 Å². The van der Waals surface area contributed by atoms with E-state index in [-0.39, 0.29) is 18.9 Å². The lowest BCUT2D eigenvalue weighted by atomic mass is 10.0. The van der Waals surface area contributed by atoms with Crippen molar-refractivity contribution in [3.63, 3.8) is 0 Å². The lowest BCUT2D eigenvalue weighted by molar-refractivity contribution is -0.144. The molecule has 0 radical (unpaired) electrons. The van der Waals surface area contributed by atoms with Gasteiger partial charge >= 0.3 is 5.97 Å². The highest BCUT2D eigenvalue weighted by Crippen LogP contribution is 2.16. The normalized spacial score (nSPS) is 23.8. The predicted octanol–water partition coefficient (Wildman–Crippen LogP) is 0.664. The monoisotopic (exact) mass is 305 g/mol. The molecule has 0 saturated heterocycles. The van der Waals surface area contributed by atoms with Crippen molar-refractivity contribution in [2.24, 2.45) is 0 Å². The Kier molecular flexibility index (Phi) is 5.68. The minimum atomic E-state index is -0.604. The topological polar surface area (TPSA) is 84.9 Å². The highest BCUT2D eigenvalue weighted by atomic mass is 16.5. The highest BCUT2D eigenvalue weighted by Gasteiger charge is 2.29. The van der Waals surface area contributed by atoms with Crippen LogP contribution in [0, 0.1) is 0 Å². The van der Waals surface area contributed by atoms with Gasteiger partial charge in [0.25, 0.3) is 5.91 Å². The molecule has 2 rings (SSSR count). The van der Waals surface area contributed by atoms with Crippen LogP contribution in [0.1, 0.15) is 16.8 Å².